The maximum absolute atomic E-state index is 4.13. The highest BCUT2D eigenvalue weighted by molar-refractivity contribution is 7.98. The number of thioether (sulfide) groups is 1. The van der Waals surface area contributed by atoms with Crippen molar-refractivity contribution in [3.8, 4) is 0 Å². The van der Waals surface area contributed by atoms with Gasteiger partial charge < -0.3 is 5.32 Å². The monoisotopic (exact) mass is 283 g/mol. The van der Waals surface area contributed by atoms with Crippen LogP contribution in [0.4, 0.5) is 5.13 Å². The van der Waals surface area contributed by atoms with Crippen LogP contribution in [-0.2, 0) is 5.75 Å². The summed E-state index contributed by atoms with van der Waals surface area (Å²) in [5, 5.41) is 25.9. The van der Waals surface area contributed by atoms with Gasteiger partial charge in [-0.25, -0.2) is 4.68 Å². The summed E-state index contributed by atoms with van der Waals surface area (Å²) in [7, 11) is 0. The molecule has 1 N–H and O–H groups in total. The molecule has 7 nitrogen and oxygen atoms in total. The van der Waals surface area contributed by atoms with Crippen LogP contribution in [0, 0.1) is 0 Å². The van der Waals surface area contributed by atoms with Crippen LogP contribution < -0.4 is 5.32 Å². The number of tetrazole rings is 1. The summed E-state index contributed by atoms with van der Waals surface area (Å²) < 4.78 is 1.91. The lowest BCUT2D eigenvalue weighted by molar-refractivity contribution is 0.565. The maximum Gasteiger partial charge on any atom is 0.209 e. The lowest BCUT2D eigenvalue weighted by atomic mass is 10.7. The second-order valence-corrected chi connectivity index (χ2v) is 5.96. The molecule has 2 aromatic rings. The van der Waals surface area contributed by atoms with E-state index in [9.17, 15) is 0 Å². The maximum atomic E-state index is 4.13. The zero-order valence-electron chi connectivity index (χ0n) is 9.91. The number of nitrogens with one attached hydrogen (secondary N) is 1. The molecule has 1 saturated carbocycles. The van der Waals surface area contributed by atoms with Gasteiger partial charge in [-0.3, -0.25) is 0 Å². The first-order valence-electron chi connectivity index (χ1n) is 5.83. The molecule has 0 bridgehead atoms. The fourth-order valence-electron chi connectivity index (χ4n) is 1.49. The Kier molecular flexibility index (Phi) is 3.41. The molecular weight excluding hydrogens is 270 g/mol. The Balaban J connectivity index is 1.60. The Labute approximate surface area is 112 Å². The van der Waals surface area contributed by atoms with Crippen LogP contribution in [0.3, 0.4) is 0 Å². The fourth-order valence-corrected chi connectivity index (χ4v) is 3.23. The molecule has 18 heavy (non-hydrogen) atoms. The van der Waals surface area contributed by atoms with E-state index in [4.69, 9.17) is 0 Å². The molecule has 0 atom stereocenters. The lowest BCUT2D eigenvalue weighted by Gasteiger charge is -1.99. The van der Waals surface area contributed by atoms with Crippen LogP contribution in [0.15, 0.2) is 5.16 Å². The normalized spacial score (nSPS) is 14.9. The summed E-state index contributed by atoms with van der Waals surface area (Å²) in [6.45, 7) is 2.90. The van der Waals surface area contributed by atoms with Crippen LogP contribution in [0.5, 0.6) is 0 Å². The molecule has 3 rings (SSSR count). The van der Waals surface area contributed by atoms with E-state index in [-0.39, 0.29) is 0 Å². The third-order valence-corrected chi connectivity index (χ3v) is 4.48. The summed E-state index contributed by atoms with van der Waals surface area (Å²) in [4.78, 5) is 0. The number of rotatable bonds is 6. The van der Waals surface area contributed by atoms with E-state index in [2.05, 4.69) is 31.0 Å². The first-order valence-corrected chi connectivity index (χ1v) is 7.64. The largest absolute Gasteiger partial charge is 0.360 e. The SMILES string of the molecule is CCNc1nnc(CSc2nnnn2C2CC2)s1. The van der Waals surface area contributed by atoms with E-state index in [0.29, 0.717) is 6.04 Å². The van der Waals surface area contributed by atoms with Crippen molar-refractivity contribution < 1.29 is 0 Å². The van der Waals surface area contributed by atoms with Gasteiger partial charge in [0.1, 0.15) is 5.01 Å². The Morgan fingerprint density at radius 2 is 2.28 bits per heavy atom. The van der Waals surface area contributed by atoms with E-state index < -0.39 is 0 Å². The van der Waals surface area contributed by atoms with Crippen LogP contribution in [0.25, 0.3) is 0 Å². The van der Waals surface area contributed by atoms with Crippen molar-refractivity contribution in [2.24, 2.45) is 0 Å². The minimum atomic E-state index is 0.509. The molecule has 1 fully saturated rings. The molecule has 2 heterocycles. The first-order chi connectivity index (χ1) is 8.86. The third kappa shape index (κ3) is 2.61. The summed E-state index contributed by atoms with van der Waals surface area (Å²) in [5.41, 5.74) is 0. The van der Waals surface area contributed by atoms with Crippen LogP contribution in [-0.4, -0.2) is 36.9 Å². The fraction of sp³-hybridized carbons (Fsp3) is 0.667. The molecule has 0 aromatic carbocycles. The molecule has 96 valence electrons. The summed E-state index contributed by atoms with van der Waals surface area (Å²) in [6, 6.07) is 0.509. The summed E-state index contributed by atoms with van der Waals surface area (Å²) >= 11 is 3.19. The van der Waals surface area contributed by atoms with Crippen molar-refractivity contribution in [1.29, 1.82) is 0 Å². The Hall–Kier alpha value is -1.22. The van der Waals surface area contributed by atoms with Crippen molar-refractivity contribution in [1.82, 2.24) is 30.4 Å². The smallest absolute Gasteiger partial charge is 0.209 e. The van der Waals surface area contributed by atoms with Crippen LogP contribution in [0.1, 0.15) is 30.8 Å². The number of nitrogens with zero attached hydrogens (tertiary/aromatic N) is 6. The average Bonchev–Trinajstić information content (AvgIpc) is 2.94. The van der Waals surface area contributed by atoms with Crippen LogP contribution >= 0.6 is 23.1 Å². The number of hydrogen-bond donors (Lipinski definition) is 1. The second-order valence-electron chi connectivity index (χ2n) is 3.96. The average molecular weight is 283 g/mol. The summed E-state index contributed by atoms with van der Waals surface area (Å²) in [6.07, 6.45) is 2.37. The van der Waals surface area contributed by atoms with Crippen LogP contribution in [0.2, 0.25) is 0 Å². The summed E-state index contributed by atoms with van der Waals surface area (Å²) in [5.74, 6) is 0.760. The minimum absolute atomic E-state index is 0.509. The Morgan fingerprint density at radius 3 is 3.06 bits per heavy atom. The van der Waals surface area contributed by atoms with Gasteiger partial charge in [0.05, 0.1) is 11.8 Å². The molecular formula is C9H13N7S2. The van der Waals surface area contributed by atoms with Gasteiger partial charge in [-0.05, 0) is 30.2 Å². The van der Waals surface area contributed by atoms with Crippen molar-refractivity contribution in [2.45, 2.75) is 36.7 Å². The minimum Gasteiger partial charge on any atom is -0.360 e. The zero-order valence-corrected chi connectivity index (χ0v) is 11.5. The first kappa shape index (κ1) is 11.8. The predicted octanol–water partition coefficient (Wildman–Crippen LogP) is 1.58. The van der Waals surface area contributed by atoms with Gasteiger partial charge >= 0.3 is 0 Å². The van der Waals surface area contributed by atoms with Gasteiger partial charge in [-0.15, -0.1) is 15.3 Å². The third-order valence-electron chi connectivity index (χ3n) is 2.47. The van der Waals surface area contributed by atoms with Gasteiger partial charge in [-0.1, -0.05) is 23.1 Å². The van der Waals surface area contributed by atoms with Gasteiger partial charge in [0, 0.05) is 6.54 Å². The molecule has 1 aliphatic carbocycles. The van der Waals surface area contributed by atoms with E-state index in [0.717, 1.165) is 27.6 Å². The number of hydrogen-bond acceptors (Lipinski definition) is 8. The number of aromatic nitrogens is 6. The van der Waals surface area contributed by atoms with Gasteiger partial charge in [-0.2, -0.15) is 0 Å². The van der Waals surface area contributed by atoms with E-state index in [1.54, 1.807) is 23.1 Å². The second kappa shape index (κ2) is 5.19. The highest BCUT2D eigenvalue weighted by Gasteiger charge is 2.27. The zero-order chi connectivity index (χ0) is 12.4. The van der Waals surface area contributed by atoms with Gasteiger partial charge in [0.2, 0.25) is 10.3 Å². The molecule has 0 saturated heterocycles. The quantitative estimate of drug-likeness (QED) is 0.806. The standard InChI is InChI=1S/C9H13N7S2/c1-2-10-8-12-11-7(18-8)5-17-9-13-14-15-16(9)6-3-4-6/h6H,2-5H2,1H3,(H,10,12). The Morgan fingerprint density at radius 1 is 1.39 bits per heavy atom. The molecule has 0 unspecified atom stereocenters. The van der Waals surface area contributed by atoms with Gasteiger partial charge in [0.25, 0.3) is 0 Å². The Bertz CT molecular complexity index is 518. The molecule has 0 amide bonds. The molecule has 1 aliphatic rings. The molecule has 2 aromatic heterocycles. The highest BCUT2D eigenvalue weighted by Crippen LogP contribution is 2.37. The van der Waals surface area contributed by atoms with E-state index >= 15 is 0 Å². The van der Waals surface area contributed by atoms with Crippen molar-refractivity contribution in [3.63, 3.8) is 0 Å². The lowest BCUT2D eigenvalue weighted by Crippen LogP contribution is -1.98. The van der Waals surface area contributed by atoms with Gasteiger partial charge in [0.15, 0.2) is 0 Å². The molecule has 9 heteroatoms. The molecule has 0 spiro atoms. The number of anilines is 1. The van der Waals surface area contributed by atoms with E-state index in [1.165, 1.54) is 12.8 Å². The molecule has 0 radical (unpaired) electrons. The predicted molar refractivity (Wildman–Crippen MR) is 69.7 cm³/mol. The van der Waals surface area contributed by atoms with Crippen molar-refractivity contribution in [2.75, 3.05) is 11.9 Å². The van der Waals surface area contributed by atoms with Crippen molar-refractivity contribution >= 4 is 28.2 Å². The topological polar surface area (TPSA) is 81.4 Å². The molecule has 0 aliphatic heterocycles. The highest BCUT2D eigenvalue weighted by atomic mass is 32.2. The van der Waals surface area contributed by atoms with E-state index in [1.807, 2.05) is 11.6 Å². The van der Waals surface area contributed by atoms with Crippen molar-refractivity contribution in [3.05, 3.63) is 5.01 Å².